The van der Waals surface area contributed by atoms with Crippen molar-refractivity contribution in [2.75, 3.05) is 7.11 Å². The lowest BCUT2D eigenvalue weighted by molar-refractivity contribution is -0.131. The Bertz CT molecular complexity index is 1280. The predicted molar refractivity (Wildman–Crippen MR) is 132 cm³/mol. The molecule has 0 fully saturated rings. The van der Waals surface area contributed by atoms with E-state index in [4.69, 9.17) is 9.47 Å². The van der Waals surface area contributed by atoms with E-state index in [0.29, 0.717) is 11.3 Å². The fraction of sp³-hybridized carbons (Fsp3) is 0.379. The van der Waals surface area contributed by atoms with E-state index in [2.05, 4.69) is 52.0 Å². The van der Waals surface area contributed by atoms with Crippen molar-refractivity contribution in [3.05, 3.63) is 64.7 Å². The number of ether oxygens (including phenoxy) is 2. The van der Waals surface area contributed by atoms with Crippen molar-refractivity contribution in [1.82, 2.24) is 0 Å². The first-order valence-electron chi connectivity index (χ1n) is 11.4. The second-order valence-electron chi connectivity index (χ2n) is 10.4. The van der Waals surface area contributed by atoms with Gasteiger partial charge in [0, 0.05) is 12.3 Å². The molecule has 172 valence electrons. The Morgan fingerprint density at radius 3 is 2.06 bits per heavy atom. The van der Waals surface area contributed by atoms with Crippen LogP contribution < -0.4 is 4.74 Å². The van der Waals surface area contributed by atoms with Crippen LogP contribution in [0.3, 0.4) is 0 Å². The summed E-state index contributed by atoms with van der Waals surface area (Å²) in [5.74, 6) is -0.518. The van der Waals surface area contributed by atoms with E-state index in [9.17, 15) is 9.59 Å². The number of carbonyl (C=O) groups excluding carboxylic acids is 2. The highest BCUT2D eigenvalue weighted by molar-refractivity contribution is 6.03. The highest BCUT2D eigenvalue weighted by Crippen LogP contribution is 2.47. The maximum absolute atomic E-state index is 12.3. The Morgan fingerprint density at radius 1 is 0.818 bits per heavy atom. The molecule has 4 heteroatoms. The topological polar surface area (TPSA) is 52.6 Å². The maximum Gasteiger partial charge on any atom is 0.338 e. The summed E-state index contributed by atoms with van der Waals surface area (Å²) in [5.41, 5.74) is 6.46. The van der Waals surface area contributed by atoms with Gasteiger partial charge >= 0.3 is 11.9 Å². The second-order valence-corrected chi connectivity index (χ2v) is 10.4. The molecule has 0 spiro atoms. The van der Waals surface area contributed by atoms with Crippen molar-refractivity contribution in [3.63, 3.8) is 0 Å². The largest absolute Gasteiger partial charge is 0.465 e. The molecule has 0 bridgehead atoms. The molecule has 1 aliphatic rings. The van der Waals surface area contributed by atoms with Crippen LogP contribution in [0.2, 0.25) is 0 Å². The molecule has 0 aromatic heterocycles. The predicted octanol–water partition coefficient (Wildman–Crippen LogP) is 6.88. The van der Waals surface area contributed by atoms with Crippen molar-refractivity contribution < 1.29 is 19.1 Å². The molecule has 4 nitrogen and oxygen atoms in total. The summed E-state index contributed by atoms with van der Waals surface area (Å²) in [5, 5.41) is 1.66. The van der Waals surface area contributed by atoms with Crippen LogP contribution in [0.1, 0.15) is 74.5 Å². The number of esters is 2. The maximum atomic E-state index is 12.3. The molecule has 0 heterocycles. The lowest BCUT2D eigenvalue weighted by Gasteiger charge is -2.42. The summed E-state index contributed by atoms with van der Waals surface area (Å²) in [6, 6.07) is 14.5. The van der Waals surface area contributed by atoms with Crippen molar-refractivity contribution in [1.29, 1.82) is 0 Å². The van der Waals surface area contributed by atoms with Crippen molar-refractivity contribution in [2.45, 2.75) is 65.2 Å². The third-order valence-electron chi connectivity index (χ3n) is 7.21. The smallest absolute Gasteiger partial charge is 0.338 e. The van der Waals surface area contributed by atoms with Gasteiger partial charge in [-0.1, -0.05) is 58.0 Å². The highest BCUT2D eigenvalue weighted by atomic mass is 16.5. The average Bonchev–Trinajstić information content (AvgIpc) is 2.77. The van der Waals surface area contributed by atoms with Crippen LogP contribution in [0.5, 0.6) is 5.75 Å². The van der Waals surface area contributed by atoms with Crippen LogP contribution in [0.4, 0.5) is 0 Å². The first kappa shape index (κ1) is 23.0. The van der Waals surface area contributed by atoms with Crippen LogP contribution in [0.25, 0.3) is 21.9 Å². The minimum absolute atomic E-state index is 0.118. The summed E-state index contributed by atoms with van der Waals surface area (Å²) in [6.07, 6.45) is 2.33. The fourth-order valence-corrected chi connectivity index (χ4v) is 5.05. The third-order valence-corrected chi connectivity index (χ3v) is 7.21. The molecule has 3 aromatic carbocycles. The Balaban J connectivity index is 1.91. The second kappa shape index (κ2) is 8.02. The van der Waals surface area contributed by atoms with Crippen LogP contribution in [0.15, 0.2) is 42.5 Å². The van der Waals surface area contributed by atoms with Crippen LogP contribution in [-0.4, -0.2) is 19.0 Å². The molecule has 0 atom stereocenters. The molecular formula is C29H32O4. The number of rotatable bonds is 3. The zero-order valence-corrected chi connectivity index (χ0v) is 20.6. The summed E-state index contributed by atoms with van der Waals surface area (Å²) in [6.45, 7) is 12.5. The lowest BCUT2D eigenvalue weighted by Crippen LogP contribution is -2.33. The number of hydrogen-bond acceptors (Lipinski definition) is 4. The van der Waals surface area contributed by atoms with Crippen molar-refractivity contribution in [3.8, 4) is 16.9 Å². The van der Waals surface area contributed by atoms with Gasteiger partial charge < -0.3 is 9.47 Å². The lowest BCUT2D eigenvalue weighted by atomic mass is 9.63. The molecular weight excluding hydrogens is 412 g/mol. The van der Waals surface area contributed by atoms with E-state index in [0.717, 1.165) is 33.9 Å². The van der Waals surface area contributed by atoms with Crippen molar-refractivity contribution in [2.24, 2.45) is 0 Å². The van der Waals surface area contributed by atoms with Crippen LogP contribution >= 0.6 is 0 Å². The van der Waals surface area contributed by atoms with E-state index in [1.165, 1.54) is 31.6 Å². The average molecular weight is 445 g/mol. The number of aryl methyl sites for hydroxylation is 1. The third kappa shape index (κ3) is 4.03. The molecule has 33 heavy (non-hydrogen) atoms. The standard InChI is InChI=1S/C29H32O4/c1-17-21-10-8-19(14-23(21)26(33-18(2)30)16-22(17)27(31)32-7)20-9-11-24-25(15-20)29(5,6)13-12-28(24,3)4/h8-11,14-16H,12-13H2,1-7H3. The molecule has 1 aliphatic carbocycles. The Kier molecular flexibility index (Phi) is 5.60. The van der Waals surface area contributed by atoms with Gasteiger partial charge in [0.15, 0.2) is 0 Å². The normalized spacial score (nSPS) is 16.2. The first-order chi connectivity index (χ1) is 15.4. The Morgan fingerprint density at radius 2 is 1.42 bits per heavy atom. The van der Waals surface area contributed by atoms with E-state index < -0.39 is 11.9 Å². The monoisotopic (exact) mass is 444 g/mol. The van der Waals surface area contributed by atoms with Gasteiger partial charge in [-0.25, -0.2) is 4.79 Å². The highest BCUT2D eigenvalue weighted by Gasteiger charge is 2.37. The van der Waals surface area contributed by atoms with Gasteiger partial charge in [-0.15, -0.1) is 0 Å². The number of fused-ring (bicyclic) bond motifs is 2. The van der Waals surface area contributed by atoms with Gasteiger partial charge in [-0.3, -0.25) is 4.79 Å². The summed E-state index contributed by atoms with van der Waals surface area (Å²) < 4.78 is 10.4. The van der Waals surface area contributed by atoms with Crippen molar-refractivity contribution >= 4 is 22.7 Å². The van der Waals surface area contributed by atoms with Gasteiger partial charge in [-0.05, 0) is 75.9 Å². The van der Waals surface area contributed by atoms with Gasteiger partial charge in [0.05, 0.1) is 12.7 Å². The molecule has 0 saturated carbocycles. The molecule has 0 saturated heterocycles. The Hall–Kier alpha value is -3.14. The minimum Gasteiger partial charge on any atom is -0.465 e. The van der Waals surface area contributed by atoms with Gasteiger partial charge in [-0.2, -0.15) is 0 Å². The fourth-order valence-electron chi connectivity index (χ4n) is 5.05. The minimum atomic E-state index is -0.452. The molecule has 0 radical (unpaired) electrons. The van der Waals surface area contributed by atoms with Gasteiger partial charge in [0.1, 0.15) is 5.75 Å². The van der Waals surface area contributed by atoms with E-state index in [-0.39, 0.29) is 10.8 Å². The van der Waals surface area contributed by atoms with Crippen LogP contribution in [-0.2, 0) is 20.4 Å². The van der Waals surface area contributed by atoms with E-state index >= 15 is 0 Å². The zero-order valence-electron chi connectivity index (χ0n) is 20.6. The number of hydrogen-bond donors (Lipinski definition) is 0. The molecule has 0 amide bonds. The summed E-state index contributed by atoms with van der Waals surface area (Å²) in [7, 11) is 1.35. The molecule has 0 aliphatic heterocycles. The van der Waals surface area contributed by atoms with E-state index in [1.807, 2.05) is 19.1 Å². The number of methoxy groups -OCH3 is 1. The van der Waals surface area contributed by atoms with Gasteiger partial charge in [0.25, 0.3) is 0 Å². The molecule has 0 unspecified atom stereocenters. The molecule has 3 aromatic rings. The summed E-state index contributed by atoms with van der Waals surface area (Å²) in [4.78, 5) is 24.1. The zero-order chi connectivity index (χ0) is 24.1. The SMILES string of the molecule is COC(=O)c1cc(OC(C)=O)c2cc(-c3ccc4c(c3)C(C)(C)CCC4(C)C)ccc2c1C. The van der Waals surface area contributed by atoms with E-state index in [1.54, 1.807) is 6.07 Å². The Labute approximate surface area is 195 Å². The number of benzene rings is 3. The van der Waals surface area contributed by atoms with Crippen LogP contribution in [0, 0.1) is 6.92 Å². The van der Waals surface area contributed by atoms with Gasteiger partial charge in [0.2, 0.25) is 0 Å². The number of carbonyl (C=O) groups is 2. The summed E-state index contributed by atoms with van der Waals surface area (Å²) >= 11 is 0. The quantitative estimate of drug-likeness (QED) is 0.326. The molecule has 0 N–H and O–H groups in total. The molecule has 4 rings (SSSR count). The first-order valence-corrected chi connectivity index (χ1v) is 11.4.